The molecule has 26 heavy (non-hydrogen) atoms. The number of fused-ring (bicyclic) bond motifs is 1. The minimum atomic E-state index is -0.507. The van der Waals surface area contributed by atoms with E-state index >= 15 is 0 Å². The quantitative estimate of drug-likeness (QED) is 0.889. The van der Waals surface area contributed by atoms with E-state index in [9.17, 15) is 9.59 Å². The largest absolute Gasteiger partial charge is 0.444 e. The normalized spacial score (nSPS) is 15.7. The first-order chi connectivity index (χ1) is 12.3. The van der Waals surface area contributed by atoms with Crippen molar-refractivity contribution in [1.29, 1.82) is 0 Å². The van der Waals surface area contributed by atoms with Gasteiger partial charge in [0.15, 0.2) is 0 Å². The Hall–Kier alpha value is -2.63. The predicted octanol–water partition coefficient (Wildman–Crippen LogP) is 3.82. The molecule has 0 saturated carbocycles. The number of benzene rings is 1. The van der Waals surface area contributed by atoms with E-state index in [0.29, 0.717) is 25.9 Å². The van der Waals surface area contributed by atoms with Crippen LogP contribution < -0.4 is 5.32 Å². The summed E-state index contributed by atoms with van der Waals surface area (Å²) in [4.78, 5) is 30.8. The second-order valence-corrected chi connectivity index (χ2v) is 7.61. The highest BCUT2D eigenvalue weighted by molar-refractivity contribution is 6.01. The van der Waals surface area contributed by atoms with Gasteiger partial charge < -0.3 is 15.0 Å². The molecule has 6 nitrogen and oxygen atoms in total. The van der Waals surface area contributed by atoms with Crippen molar-refractivity contribution in [1.82, 2.24) is 9.88 Å². The van der Waals surface area contributed by atoms with Gasteiger partial charge in [-0.05, 0) is 45.7 Å². The summed E-state index contributed by atoms with van der Waals surface area (Å²) >= 11 is 0. The standard InChI is InChI=1S/C20H25N3O3/c1-20(2,3)26-19(25)23-12-9-15(10-13-23)18(24)22-16-8-4-6-14-7-5-11-21-17(14)16/h4-8,11,15H,9-10,12-13H2,1-3H3,(H,22,24). The average Bonchev–Trinajstić information content (AvgIpc) is 2.61. The number of ether oxygens (including phenoxy) is 1. The van der Waals surface area contributed by atoms with E-state index in [2.05, 4.69) is 10.3 Å². The summed E-state index contributed by atoms with van der Waals surface area (Å²) in [7, 11) is 0. The number of likely N-dealkylation sites (tertiary alicyclic amines) is 1. The molecule has 2 aromatic rings. The fraction of sp³-hybridized carbons (Fsp3) is 0.450. The van der Waals surface area contributed by atoms with Crippen LogP contribution in [0.1, 0.15) is 33.6 Å². The van der Waals surface area contributed by atoms with E-state index in [4.69, 9.17) is 4.74 Å². The highest BCUT2D eigenvalue weighted by atomic mass is 16.6. The Bertz CT molecular complexity index is 800. The maximum absolute atomic E-state index is 12.6. The van der Waals surface area contributed by atoms with Gasteiger partial charge in [-0.1, -0.05) is 18.2 Å². The van der Waals surface area contributed by atoms with Gasteiger partial charge in [-0.25, -0.2) is 4.79 Å². The predicted molar refractivity (Wildman–Crippen MR) is 101 cm³/mol. The number of pyridine rings is 1. The molecule has 6 heteroatoms. The third-order valence-electron chi connectivity index (χ3n) is 4.41. The topological polar surface area (TPSA) is 71.5 Å². The zero-order chi connectivity index (χ0) is 18.7. The summed E-state index contributed by atoms with van der Waals surface area (Å²) in [5, 5.41) is 3.99. The molecule has 3 rings (SSSR count). The van der Waals surface area contributed by atoms with E-state index in [1.807, 2.05) is 51.1 Å². The second-order valence-electron chi connectivity index (χ2n) is 7.61. The minimum absolute atomic E-state index is 0.0213. The van der Waals surface area contributed by atoms with Crippen LogP contribution in [0.5, 0.6) is 0 Å². The zero-order valence-corrected chi connectivity index (χ0v) is 15.5. The van der Waals surface area contributed by atoms with Crippen molar-refractivity contribution in [2.24, 2.45) is 5.92 Å². The van der Waals surface area contributed by atoms with Crippen LogP contribution in [0.2, 0.25) is 0 Å². The average molecular weight is 355 g/mol. The first-order valence-corrected chi connectivity index (χ1v) is 8.96. The van der Waals surface area contributed by atoms with E-state index in [-0.39, 0.29) is 17.9 Å². The number of hydrogen-bond acceptors (Lipinski definition) is 4. The number of nitrogens with zero attached hydrogens (tertiary/aromatic N) is 2. The molecular formula is C20H25N3O3. The highest BCUT2D eigenvalue weighted by Crippen LogP contribution is 2.24. The number of rotatable bonds is 2. The van der Waals surface area contributed by atoms with Gasteiger partial charge in [-0.15, -0.1) is 0 Å². The van der Waals surface area contributed by atoms with Crippen LogP contribution in [0.15, 0.2) is 36.5 Å². The number of para-hydroxylation sites is 1. The van der Waals surface area contributed by atoms with Gasteiger partial charge >= 0.3 is 6.09 Å². The summed E-state index contributed by atoms with van der Waals surface area (Å²) in [6.45, 7) is 6.61. The number of aromatic nitrogens is 1. The van der Waals surface area contributed by atoms with Crippen molar-refractivity contribution in [3.05, 3.63) is 36.5 Å². The molecule has 0 spiro atoms. The Morgan fingerprint density at radius 3 is 2.54 bits per heavy atom. The van der Waals surface area contributed by atoms with E-state index in [1.54, 1.807) is 11.1 Å². The summed E-state index contributed by atoms with van der Waals surface area (Å²) in [6.07, 6.45) is 2.67. The first-order valence-electron chi connectivity index (χ1n) is 8.96. The van der Waals surface area contributed by atoms with Crippen molar-refractivity contribution in [3.63, 3.8) is 0 Å². The molecule has 2 amide bonds. The molecule has 0 bridgehead atoms. The molecule has 0 atom stereocenters. The molecule has 138 valence electrons. The van der Waals surface area contributed by atoms with E-state index in [1.165, 1.54) is 0 Å². The number of piperidine rings is 1. The molecule has 0 radical (unpaired) electrons. The number of hydrogen-bond donors (Lipinski definition) is 1. The smallest absolute Gasteiger partial charge is 0.410 e. The molecule has 1 N–H and O–H groups in total. The summed E-state index contributed by atoms with van der Waals surface area (Å²) in [5.41, 5.74) is 1.00. The molecule has 1 aromatic heterocycles. The first kappa shape index (κ1) is 18.2. The van der Waals surface area contributed by atoms with Crippen LogP contribution in [0.25, 0.3) is 10.9 Å². The fourth-order valence-electron chi connectivity index (χ4n) is 3.09. The Morgan fingerprint density at radius 2 is 1.85 bits per heavy atom. The van der Waals surface area contributed by atoms with Crippen molar-refractivity contribution in [3.8, 4) is 0 Å². The molecule has 1 fully saturated rings. The molecule has 1 aliphatic rings. The third-order valence-corrected chi connectivity index (χ3v) is 4.41. The van der Waals surface area contributed by atoms with E-state index in [0.717, 1.165) is 16.6 Å². The molecule has 0 aliphatic carbocycles. The molecule has 1 aromatic carbocycles. The second kappa shape index (κ2) is 7.32. The van der Waals surface area contributed by atoms with Crippen molar-refractivity contribution < 1.29 is 14.3 Å². The summed E-state index contributed by atoms with van der Waals surface area (Å²) in [5.74, 6) is -0.139. The van der Waals surface area contributed by atoms with Gasteiger partial charge in [0, 0.05) is 30.6 Å². The van der Waals surface area contributed by atoms with Crippen molar-refractivity contribution in [2.45, 2.75) is 39.2 Å². The minimum Gasteiger partial charge on any atom is -0.444 e. The fourth-order valence-corrected chi connectivity index (χ4v) is 3.09. The Labute approximate surface area is 153 Å². The maximum Gasteiger partial charge on any atom is 0.410 e. The van der Waals surface area contributed by atoms with Crippen LogP contribution in [0.4, 0.5) is 10.5 Å². The Balaban J connectivity index is 1.59. The van der Waals surface area contributed by atoms with Gasteiger partial charge in [0.05, 0.1) is 11.2 Å². The highest BCUT2D eigenvalue weighted by Gasteiger charge is 2.30. The molecular weight excluding hydrogens is 330 g/mol. The van der Waals surface area contributed by atoms with E-state index < -0.39 is 5.60 Å². The van der Waals surface area contributed by atoms with Crippen LogP contribution in [0, 0.1) is 5.92 Å². The van der Waals surface area contributed by atoms with Gasteiger partial charge in [-0.2, -0.15) is 0 Å². The number of nitrogens with one attached hydrogen (secondary N) is 1. The third kappa shape index (κ3) is 4.31. The summed E-state index contributed by atoms with van der Waals surface area (Å²) in [6, 6.07) is 9.59. The number of amides is 2. The lowest BCUT2D eigenvalue weighted by atomic mass is 9.96. The van der Waals surface area contributed by atoms with Crippen LogP contribution >= 0.6 is 0 Å². The molecule has 0 unspecified atom stereocenters. The van der Waals surface area contributed by atoms with Gasteiger partial charge in [0.25, 0.3) is 0 Å². The van der Waals surface area contributed by atoms with Gasteiger partial charge in [0.1, 0.15) is 5.60 Å². The number of carbonyl (C=O) groups is 2. The van der Waals surface area contributed by atoms with Crippen LogP contribution in [-0.2, 0) is 9.53 Å². The lowest BCUT2D eigenvalue weighted by Gasteiger charge is -2.32. The summed E-state index contributed by atoms with van der Waals surface area (Å²) < 4.78 is 5.39. The van der Waals surface area contributed by atoms with Crippen molar-refractivity contribution in [2.75, 3.05) is 18.4 Å². The Morgan fingerprint density at radius 1 is 1.15 bits per heavy atom. The number of anilines is 1. The zero-order valence-electron chi connectivity index (χ0n) is 15.5. The van der Waals surface area contributed by atoms with Crippen LogP contribution in [-0.4, -0.2) is 40.6 Å². The lowest BCUT2D eigenvalue weighted by Crippen LogP contribution is -2.43. The monoisotopic (exact) mass is 355 g/mol. The molecule has 1 saturated heterocycles. The van der Waals surface area contributed by atoms with Gasteiger partial charge in [-0.3, -0.25) is 9.78 Å². The van der Waals surface area contributed by atoms with Crippen molar-refractivity contribution >= 4 is 28.6 Å². The van der Waals surface area contributed by atoms with Gasteiger partial charge in [0.2, 0.25) is 5.91 Å². The lowest BCUT2D eigenvalue weighted by molar-refractivity contribution is -0.121. The molecule has 1 aliphatic heterocycles. The number of carbonyl (C=O) groups excluding carboxylic acids is 2. The molecule has 2 heterocycles. The SMILES string of the molecule is CC(C)(C)OC(=O)N1CCC(C(=O)Nc2cccc3cccnc23)CC1. The van der Waals surface area contributed by atoms with Crippen LogP contribution in [0.3, 0.4) is 0 Å². The Kier molecular flexibility index (Phi) is 5.11. The maximum atomic E-state index is 12.6.